The molecule has 0 unspecified atom stereocenters. The van der Waals surface area contributed by atoms with E-state index in [2.05, 4.69) is 20.9 Å². The van der Waals surface area contributed by atoms with Crippen molar-refractivity contribution in [1.29, 1.82) is 0 Å². The first kappa shape index (κ1) is 14.2. The molecule has 0 atom stereocenters. The Kier molecular flexibility index (Phi) is 4.74. The molecule has 5 heteroatoms. The lowest BCUT2D eigenvalue weighted by molar-refractivity contribution is 0.281. The van der Waals surface area contributed by atoms with Gasteiger partial charge in [0.2, 0.25) is 0 Å². The molecule has 0 aliphatic rings. The second kappa shape index (κ2) is 6.32. The van der Waals surface area contributed by atoms with Gasteiger partial charge in [0.15, 0.2) is 0 Å². The molecule has 0 saturated carbocycles. The second-order valence-corrected chi connectivity index (χ2v) is 5.21. The van der Waals surface area contributed by atoms with Crippen molar-refractivity contribution in [3.63, 3.8) is 0 Å². The van der Waals surface area contributed by atoms with Gasteiger partial charge in [-0.25, -0.2) is 0 Å². The van der Waals surface area contributed by atoms with Gasteiger partial charge in [-0.05, 0) is 35.0 Å². The predicted molar refractivity (Wildman–Crippen MR) is 80.6 cm³/mol. The third-order valence-electron chi connectivity index (χ3n) is 2.98. The largest absolute Gasteiger partial charge is 0.395 e. The monoisotopic (exact) mass is 324 g/mol. The number of halogens is 1. The molecule has 1 aromatic heterocycles. The fourth-order valence-corrected chi connectivity index (χ4v) is 2.63. The molecule has 1 heterocycles. The summed E-state index contributed by atoms with van der Waals surface area (Å²) in [6, 6.07) is 7.91. The molecule has 0 spiro atoms. The molecule has 0 amide bonds. The summed E-state index contributed by atoms with van der Waals surface area (Å²) in [4.78, 5) is 6.52. The summed E-state index contributed by atoms with van der Waals surface area (Å²) < 4.78 is 0.947. The fourth-order valence-electron chi connectivity index (χ4n) is 2.18. The Labute approximate surface area is 120 Å². The quantitative estimate of drug-likeness (QED) is 0.884. The number of benzene rings is 1. The van der Waals surface area contributed by atoms with Crippen LogP contribution in [0, 0.1) is 6.92 Å². The molecule has 0 aliphatic heterocycles. The minimum absolute atomic E-state index is 0.0524. The highest BCUT2D eigenvalue weighted by atomic mass is 79.9. The van der Waals surface area contributed by atoms with Crippen LogP contribution < -0.4 is 4.90 Å². The summed E-state index contributed by atoms with van der Waals surface area (Å²) in [6.07, 6.45) is 0. The van der Waals surface area contributed by atoms with E-state index >= 15 is 0 Å². The molecule has 0 radical (unpaired) electrons. The molecule has 2 rings (SSSR count). The van der Waals surface area contributed by atoms with E-state index in [1.165, 1.54) is 0 Å². The summed E-state index contributed by atoms with van der Waals surface area (Å²) in [5.41, 5.74) is 2.81. The highest BCUT2D eigenvalue weighted by Crippen LogP contribution is 2.30. The number of aliphatic hydroxyl groups is 2. The maximum Gasteiger partial charge on any atom is 0.0867 e. The number of hydrogen-bond acceptors (Lipinski definition) is 4. The van der Waals surface area contributed by atoms with Gasteiger partial charge in [-0.2, -0.15) is 0 Å². The number of aromatic nitrogens is 1. The van der Waals surface area contributed by atoms with Gasteiger partial charge in [-0.15, -0.1) is 0 Å². The maximum atomic E-state index is 9.17. The van der Waals surface area contributed by atoms with Crippen LogP contribution in [-0.2, 0) is 0 Å². The zero-order chi connectivity index (χ0) is 13.8. The Morgan fingerprint density at radius 2 is 1.89 bits per heavy atom. The molecule has 0 aliphatic carbocycles. The lowest BCUT2D eigenvalue weighted by atomic mass is 10.1. The second-order valence-electron chi connectivity index (χ2n) is 4.35. The smallest absolute Gasteiger partial charge is 0.0867 e. The molecule has 102 valence electrons. The number of para-hydroxylation sites is 1. The zero-order valence-corrected chi connectivity index (χ0v) is 12.4. The number of anilines is 1. The van der Waals surface area contributed by atoms with Gasteiger partial charge in [0, 0.05) is 34.3 Å². The standard InChI is InChI=1S/C14H17BrN2O2/c1-10-9-13(17(5-7-18)6-8-19)11-3-2-4-12(15)14(11)16-10/h2-4,9,18-19H,5-8H2,1H3. The molecule has 2 N–H and O–H groups in total. The van der Waals surface area contributed by atoms with Gasteiger partial charge in [-0.1, -0.05) is 12.1 Å². The van der Waals surface area contributed by atoms with Crippen molar-refractivity contribution in [2.45, 2.75) is 6.92 Å². The molecule has 0 bridgehead atoms. The normalized spacial score (nSPS) is 10.9. The Morgan fingerprint density at radius 1 is 1.21 bits per heavy atom. The Morgan fingerprint density at radius 3 is 2.53 bits per heavy atom. The Hall–Kier alpha value is -1.17. The third kappa shape index (κ3) is 3.05. The van der Waals surface area contributed by atoms with Crippen LogP contribution in [0.4, 0.5) is 5.69 Å². The molecule has 0 saturated heterocycles. The lowest BCUT2D eigenvalue weighted by Gasteiger charge is -2.25. The number of rotatable bonds is 5. The number of fused-ring (bicyclic) bond motifs is 1. The van der Waals surface area contributed by atoms with Crippen LogP contribution in [0.25, 0.3) is 10.9 Å². The van der Waals surface area contributed by atoms with Crippen LogP contribution in [0.1, 0.15) is 5.69 Å². The van der Waals surface area contributed by atoms with Crippen LogP contribution in [0.3, 0.4) is 0 Å². The fraction of sp³-hybridized carbons (Fsp3) is 0.357. The molecule has 19 heavy (non-hydrogen) atoms. The van der Waals surface area contributed by atoms with Crippen molar-refractivity contribution < 1.29 is 10.2 Å². The van der Waals surface area contributed by atoms with E-state index in [0.717, 1.165) is 26.8 Å². The molecule has 2 aromatic rings. The average molecular weight is 325 g/mol. The van der Waals surface area contributed by atoms with E-state index in [9.17, 15) is 10.2 Å². The maximum absolute atomic E-state index is 9.17. The summed E-state index contributed by atoms with van der Waals surface area (Å²) in [5.74, 6) is 0. The summed E-state index contributed by atoms with van der Waals surface area (Å²) >= 11 is 3.51. The first-order chi connectivity index (χ1) is 9.17. The number of aliphatic hydroxyl groups excluding tert-OH is 2. The average Bonchev–Trinajstić information content (AvgIpc) is 2.39. The van der Waals surface area contributed by atoms with E-state index in [1.54, 1.807) is 0 Å². The lowest BCUT2D eigenvalue weighted by Crippen LogP contribution is -2.30. The van der Waals surface area contributed by atoms with Crippen molar-refractivity contribution in [2.75, 3.05) is 31.2 Å². The van der Waals surface area contributed by atoms with Crippen LogP contribution >= 0.6 is 15.9 Å². The molecule has 0 fully saturated rings. The first-order valence-electron chi connectivity index (χ1n) is 6.20. The van der Waals surface area contributed by atoms with E-state index < -0.39 is 0 Å². The molecular weight excluding hydrogens is 308 g/mol. The number of hydrogen-bond donors (Lipinski definition) is 2. The highest BCUT2D eigenvalue weighted by Gasteiger charge is 2.12. The van der Waals surface area contributed by atoms with Crippen molar-refractivity contribution in [3.05, 3.63) is 34.4 Å². The van der Waals surface area contributed by atoms with E-state index in [1.807, 2.05) is 36.1 Å². The van der Waals surface area contributed by atoms with Crippen LogP contribution in [0.15, 0.2) is 28.7 Å². The van der Waals surface area contributed by atoms with Gasteiger partial charge in [-0.3, -0.25) is 4.98 Å². The van der Waals surface area contributed by atoms with E-state index in [0.29, 0.717) is 13.1 Å². The van der Waals surface area contributed by atoms with Crippen LogP contribution in [0.2, 0.25) is 0 Å². The SMILES string of the molecule is Cc1cc(N(CCO)CCO)c2cccc(Br)c2n1. The topological polar surface area (TPSA) is 56.6 Å². The first-order valence-corrected chi connectivity index (χ1v) is 6.99. The molecule has 1 aromatic carbocycles. The summed E-state index contributed by atoms with van der Waals surface area (Å²) in [5, 5.41) is 19.4. The van der Waals surface area contributed by atoms with Crippen LogP contribution in [-0.4, -0.2) is 41.5 Å². The predicted octanol–water partition coefficient (Wildman–Crippen LogP) is 2.10. The van der Waals surface area contributed by atoms with E-state index in [4.69, 9.17) is 0 Å². The van der Waals surface area contributed by atoms with Crippen molar-refractivity contribution in [3.8, 4) is 0 Å². The highest BCUT2D eigenvalue weighted by molar-refractivity contribution is 9.10. The summed E-state index contributed by atoms with van der Waals surface area (Å²) in [7, 11) is 0. The van der Waals surface area contributed by atoms with Crippen LogP contribution in [0.5, 0.6) is 0 Å². The minimum Gasteiger partial charge on any atom is -0.395 e. The minimum atomic E-state index is 0.0524. The number of nitrogens with zero attached hydrogens (tertiary/aromatic N) is 2. The van der Waals surface area contributed by atoms with Gasteiger partial charge >= 0.3 is 0 Å². The van der Waals surface area contributed by atoms with E-state index in [-0.39, 0.29) is 13.2 Å². The van der Waals surface area contributed by atoms with Gasteiger partial charge in [0.25, 0.3) is 0 Å². The molecule has 4 nitrogen and oxygen atoms in total. The van der Waals surface area contributed by atoms with Gasteiger partial charge in [0.1, 0.15) is 0 Å². The van der Waals surface area contributed by atoms with Crippen molar-refractivity contribution in [2.24, 2.45) is 0 Å². The number of aryl methyl sites for hydroxylation is 1. The third-order valence-corrected chi connectivity index (χ3v) is 3.62. The zero-order valence-electron chi connectivity index (χ0n) is 10.8. The number of pyridine rings is 1. The van der Waals surface area contributed by atoms with Crippen molar-refractivity contribution >= 4 is 32.5 Å². The summed E-state index contributed by atoms with van der Waals surface area (Å²) in [6.45, 7) is 3.03. The van der Waals surface area contributed by atoms with Gasteiger partial charge < -0.3 is 15.1 Å². The Bertz CT molecular complexity index is 569. The van der Waals surface area contributed by atoms with Crippen molar-refractivity contribution in [1.82, 2.24) is 4.98 Å². The Balaban J connectivity index is 2.60. The van der Waals surface area contributed by atoms with Gasteiger partial charge in [0.05, 0.1) is 18.7 Å². The molecular formula is C14H17BrN2O2.